The summed E-state index contributed by atoms with van der Waals surface area (Å²) in [5.74, 6) is 0.807. The molecule has 0 spiro atoms. The van der Waals surface area contributed by atoms with E-state index < -0.39 is 10.0 Å². The molecular formula is C14H25N3O3S. The van der Waals surface area contributed by atoms with Crippen LogP contribution in [0.3, 0.4) is 0 Å². The maximum atomic E-state index is 12.3. The molecular weight excluding hydrogens is 290 g/mol. The molecule has 3 unspecified atom stereocenters. The molecule has 7 heteroatoms. The van der Waals surface area contributed by atoms with Crippen LogP contribution in [0.15, 0.2) is 0 Å². The molecule has 120 valence electrons. The van der Waals surface area contributed by atoms with E-state index in [4.69, 9.17) is 0 Å². The van der Waals surface area contributed by atoms with Gasteiger partial charge in [0.1, 0.15) is 0 Å². The van der Waals surface area contributed by atoms with E-state index in [2.05, 4.69) is 12.2 Å². The predicted octanol–water partition coefficient (Wildman–Crippen LogP) is 0.994. The van der Waals surface area contributed by atoms with Gasteiger partial charge in [-0.05, 0) is 31.6 Å². The van der Waals surface area contributed by atoms with Crippen LogP contribution in [0.4, 0.5) is 4.79 Å². The SMILES string of the molecule is CC1CCCC1NC(=O)N1CCC(N2CCCS2(=O)=O)C1. The smallest absolute Gasteiger partial charge is 0.317 e. The average Bonchev–Trinajstić information content (AvgIpc) is 3.10. The number of rotatable bonds is 2. The first-order valence-electron chi connectivity index (χ1n) is 8.02. The Kier molecular flexibility index (Phi) is 4.14. The molecule has 0 aromatic carbocycles. The van der Waals surface area contributed by atoms with Gasteiger partial charge in [0, 0.05) is 31.7 Å². The van der Waals surface area contributed by atoms with Crippen molar-refractivity contribution in [1.29, 1.82) is 0 Å². The maximum Gasteiger partial charge on any atom is 0.317 e. The topological polar surface area (TPSA) is 69.7 Å². The van der Waals surface area contributed by atoms with Crippen LogP contribution in [0.2, 0.25) is 0 Å². The van der Waals surface area contributed by atoms with Crippen molar-refractivity contribution >= 4 is 16.1 Å². The highest BCUT2D eigenvalue weighted by Gasteiger charge is 2.39. The second kappa shape index (κ2) is 5.76. The van der Waals surface area contributed by atoms with Gasteiger partial charge in [0.15, 0.2) is 0 Å². The molecule has 2 amide bonds. The van der Waals surface area contributed by atoms with Gasteiger partial charge in [-0.3, -0.25) is 0 Å². The van der Waals surface area contributed by atoms with Gasteiger partial charge >= 0.3 is 6.03 Å². The number of hydrogen-bond donors (Lipinski definition) is 1. The fraction of sp³-hybridized carbons (Fsp3) is 0.929. The van der Waals surface area contributed by atoms with Gasteiger partial charge in [0.2, 0.25) is 10.0 Å². The van der Waals surface area contributed by atoms with Crippen molar-refractivity contribution in [3.63, 3.8) is 0 Å². The zero-order valence-electron chi connectivity index (χ0n) is 12.6. The molecule has 3 aliphatic rings. The highest BCUT2D eigenvalue weighted by atomic mass is 32.2. The molecule has 1 saturated carbocycles. The molecule has 0 bridgehead atoms. The van der Waals surface area contributed by atoms with Gasteiger partial charge < -0.3 is 10.2 Å². The van der Waals surface area contributed by atoms with Gasteiger partial charge in [-0.1, -0.05) is 13.3 Å². The Morgan fingerprint density at radius 2 is 1.95 bits per heavy atom. The number of urea groups is 1. The molecule has 21 heavy (non-hydrogen) atoms. The molecule has 2 aliphatic heterocycles. The van der Waals surface area contributed by atoms with Crippen LogP contribution in [-0.2, 0) is 10.0 Å². The van der Waals surface area contributed by atoms with E-state index in [-0.39, 0.29) is 23.9 Å². The molecule has 1 N–H and O–H groups in total. The van der Waals surface area contributed by atoms with Gasteiger partial charge in [-0.2, -0.15) is 4.31 Å². The lowest BCUT2D eigenvalue weighted by molar-refractivity contribution is 0.198. The Bertz CT molecular complexity index is 508. The lowest BCUT2D eigenvalue weighted by atomic mass is 10.1. The first-order valence-corrected chi connectivity index (χ1v) is 9.63. The Hall–Kier alpha value is -0.820. The van der Waals surface area contributed by atoms with Crippen molar-refractivity contribution in [1.82, 2.24) is 14.5 Å². The van der Waals surface area contributed by atoms with E-state index in [9.17, 15) is 13.2 Å². The number of likely N-dealkylation sites (tertiary alicyclic amines) is 1. The van der Waals surface area contributed by atoms with Crippen molar-refractivity contribution in [2.75, 3.05) is 25.4 Å². The van der Waals surface area contributed by atoms with Crippen LogP contribution in [-0.4, -0.2) is 61.1 Å². The summed E-state index contributed by atoms with van der Waals surface area (Å²) in [7, 11) is -3.08. The third-order valence-corrected chi connectivity index (χ3v) is 7.17. The molecule has 0 aromatic heterocycles. The van der Waals surface area contributed by atoms with Crippen LogP contribution < -0.4 is 5.32 Å². The molecule has 2 heterocycles. The van der Waals surface area contributed by atoms with E-state index in [0.717, 1.165) is 12.8 Å². The number of nitrogens with zero attached hydrogens (tertiary/aromatic N) is 2. The van der Waals surface area contributed by atoms with Crippen LogP contribution >= 0.6 is 0 Å². The number of sulfonamides is 1. The summed E-state index contributed by atoms with van der Waals surface area (Å²) >= 11 is 0. The number of amides is 2. The summed E-state index contributed by atoms with van der Waals surface area (Å²) in [6.07, 6.45) is 4.89. The Morgan fingerprint density at radius 3 is 2.57 bits per heavy atom. The Morgan fingerprint density at radius 1 is 1.14 bits per heavy atom. The van der Waals surface area contributed by atoms with Gasteiger partial charge in [0.25, 0.3) is 0 Å². The Balaban J connectivity index is 1.55. The fourth-order valence-electron chi connectivity index (χ4n) is 3.84. The van der Waals surface area contributed by atoms with Crippen molar-refractivity contribution < 1.29 is 13.2 Å². The number of nitrogens with one attached hydrogen (secondary N) is 1. The number of carbonyl (C=O) groups excluding carboxylic acids is 1. The fourth-order valence-corrected chi connectivity index (χ4v) is 5.60. The van der Waals surface area contributed by atoms with E-state index >= 15 is 0 Å². The Labute approximate surface area is 126 Å². The average molecular weight is 315 g/mol. The second-order valence-corrected chi connectivity index (χ2v) is 8.67. The quantitative estimate of drug-likeness (QED) is 0.826. The zero-order valence-corrected chi connectivity index (χ0v) is 13.4. The number of hydrogen-bond acceptors (Lipinski definition) is 3. The maximum absolute atomic E-state index is 12.3. The largest absolute Gasteiger partial charge is 0.335 e. The lowest BCUT2D eigenvalue weighted by Gasteiger charge is -2.25. The normalized spacial score (nSPS) is 36.2. The highest BCUT2D eigenvalue weighted by molar-refractivity contribution is 7.89. The minimum absolute atomic E-state index is 0.0205. The van der Waals surface area contributed by atoms with Crippen LogP contribution in [0.1, 0.15) is 39.0 Å². The molecule has 6 nitrogen and oxygen atoms in total. The summed E-state index contributed by atoms with van der Waals surface area (Å²) in [5, 5.41) is 3.12. The molecule has 0 aromatic rings. The van der Waals surface area contributed by atoms with E-state index in [1.165, 1.54) is 12.8 Å². The third-order valence-electron chi connectivity index (χ3n) is 5.17. The van der Waals surface area contributed by atoms with Gasteiger partial charge in [-0.25, -0.2) is 13.2 Å². The first-order chi connectivity index (χ1) is 9.97. The van der Waals surface area contributed by atoms with E-state index in [1.807, 2.05) is 0 Å². The van der Waals surface area contributed by atoms with Crippen molar-refractivity contribution in [3.8, 4) is 0 Å². The summed E-state index contributed by atoms with van der Waals surface area (Å²) in [5.41, 5.74) is 0. The molecule has 0 radical (unpaired) electrons. The van der Waals surface area contributed by atoms with Crippen LogP contribution in [0.5, 0.6) is 0 Å². The molecule has 3 rings (SSSR count). The van der Waals surface area contributed by atoms with Crippen molar-refractivity contribution in [3.05, 3.63) is 0 Å². The summed E-state index contributed by atoms with van der Waals surface area (Å²) in [4.78, 5) is 14.1. The van der Waals surface area contributed by atoms with Crippen LogP contribution in [0, 0.1) is 5.92 Å². The third kappa shape index (κ3) is 3.04. The van der Waals surface area contributed by atoms with Gasteiger partial charge in [0.05, 0.1) is 5.75 Å². The molecule has 1 aliphatic carbocycles. The van der Waals surface area contributed by atoms with Crippen molar-refractivity contribution in [2.24, 2.45) is 5.92 Å². The monoisotopic (exact) mass is 315 g/mol. The second-order valence-electron chi connectivity index (χ2n) is 6.63. The minimum atomic E-state index is -3.08. The summed E-state index contributed by atoms with van der Waals surface area (Å²) < 4.78 is 25.5. The summed E-state index contributed by atoms with van der Waals surface area (Å²) in [6, 6.07) is 0.240. The molecule has 3 atom stereocenters. The van der Waals surface area contributed by atoms with Gasteiger partial charge in [-0.15, -0.1) is 0 Å². The van der Waals surface area contributed by atoms with E-state index in [0.29, 0.717) is 32.0 Å². The summed E-state index contributed by atoms with van der Waals surface area (Å²) in [6.45, 7) is 3.99. The van der Waals surface area contributed by atoms with Crippen molar-refractivity contribution in [2.45, 2.75) is 51.1 Å². The minimum Gasteiger partial charge on any atom is -0.335 e. The molecule has 2 saturated heterocycles. The highest BCUT2D eigenvalue weighted by Crippen LogP contribution is 2.26. The number of carbonyl (C=O) groups is 1. The lowest BCUT2D eigenvalue weighted by Crippen LogP contribution is -2.46. The first kappa shape index (κ1) is 15.1. The zero-order chi connectivity index (χ0) is 15.0. The van der Waals surface area contributed by atoms with E-state index in [1.54, 1.807) is 9.21 Å². The van der Waals surface area contributed by atoms with Crippen LogP contribution in [0.25, 0.3) is 0 Å². The molecule has 3 fully saturated rings. The standard InChI is InChI=1S/C14H25N3O3S/c1-11-4-2-5-13(11)15-14(18)16-8-6-12(10-16)17-7-3-9-21(17,19)20/h11-13H,2-10H2,1H3,(H,15,18). The predicted molar refractivity (Wildman–Crippen MR) is 80.4 cm³/mol.